The minimum Gasteiger partial charge on any atom is -0.475 e. The number of carbonyl (C=O) groups is 4. The van der Waals surface area contributed by atoms with Crippen LogP contribution in [0.1, 0.15) is 31.2 Å². The van der Waals surface area contributed by atoms with Crippen LogP contribution in [0.4, 0.5) is 17.3 Å². The lowest BCUT2D eigenvalue weighted by Gasteiger charge is -2.33. The minimum absolute atomic E-state index is 0.0193. The smallest absolute Gasteiger partial charge is 0.372 e. The van der Waals surface area contributed by atoms with Crippen LogP contribution in [0.5, 0.6) is 0 Å². The van der Waals surface area contributed by atoms with Crippen LogP contribution in [0.15, 0.2) is 73.6 Å². The van der Waals surface area contributed by atoms with Gasteiger partial charge in [0.1, 0.15) is 35.6 Å². The van der Waals surface area contributed by atoms with E-state index in [1.807, 2.05) is 18.3 Å². The van der Waals surface area contributed by atoms with Crippen LogP contribution in [0.3, 0.4) is 0 Å². The number of rotatable bonds is 8. The number of aromatic amines is 2. The van der Waals surface area contributed by atoms with Crippen molar-refractivity contribution in [2.75, 3.05) is 42.1 Å². The van der Waals surface area contributed by atoms with Crippen molar-refractivity contribution in [3.8, 4) is 0 Å². The van der Waals surface area contributed by atoms with Crippen molar-refractivity contribution in [1.29, 1.82) is 0 Å². The molecule has 2 aromatic carbocycles. The molecule has 6 aromatic rings. The number of likely N-dealkylation sites (tertiary alicyclic amines) is 1. The van der Waals surface area contributed by atoms with Gasteiger partial charge in [0, 0.05) is 76.3 Å². The van der Waals surface area contributed by atoms with Gasteiger partial charge in [-0.2, -0.15) is 0 Å². The lowest BCUT2D eigenvalue weighted by atomic mass is 10.1. The third-order valence-corrected chi connectivity index (χ3v) is 10.1. The van der Waals surface area contributed by atoms with Gasteiger partial charge in [0.05, 0.1) is 10.8 Å². The number of halogens is 4. The second-order valence-corrected chi connectivity index (χ2v) is 15.4. The first-order valence-electron chi connectivity index (χ1n) is 18.5. The van der Waals surface area contributed by atoms with Crippen LogP contribution in [0, 0.1) is 0 Å². The topological polar surface area (TPSA) is 223 Å². The van der Waals surface area contributed by atoms with E-state index in [4.69, 9.17) is 51.5 Å². The number of piperidine rings is 2. The molecule has 0 aliphatic carbocycles. The second-order valence-electron chi connectivity index (χ2n) is 13.6. The van der Waals surface area contributed by atoms with Gasteiger partial charge < -0.3 is 41.2 Å². The molecule has 2 fully saturated rings. The maximum atomic E-state index is 12.6. The van der Waals surface area contributed by atoms with E-state index >= 15 is 0 Å². The Hall–Kier alpha value is -5.52. The number of carbonyl (C=O) groups excluding carboxylic acids is 3. The monoisotopic (exact) mass is 881 g/mol. The Bertz CT molecular complexity index is 2400. The summed E-state index contributed by atoms with van der Waals surface area (Å²) in [6.07, 6.45) is 10.6. The van der Waals surface area contributed by atoms with E-state index < -0.39 is 23.6 Å². The molecule has 0 bridgehead atoms. The molecule has 2 unspecified atom stereocenters. The number of nitrogens with zero attached hydrogens (tertiary/aromatic N) is 5. The number of nitrogens with one attached hydrogen (secondary N) is 6. The van der Waals surface area contributed by atoms with E-state index in [0.29, 0.717) is 56.3 Å². The van der Waals surface area contributed by atoms with E-state index in [1.54, 1.807) is 18.6 Å². The van der Waals surface area contributed by atoms with Crippen molar-refractivity contribution in [2.45, 2.75) is 44.2 Å². The zero-order valence-electron chi connectivity index (χ0n) is 31.3. The molecule has 2 aliphatic heterocycles. The minimum atomic E-state index is -1.46. The summed E-state index contributed by atoms with van der Waals surface area (Å²) in [5, 5.41) is 24.6. The average Bonchev–Trinajstić information content (AvgIpc) is 3.89. The number of hydrogen-bond donors (Lipinski definition) is 7. The van der Waals surface area contributed by atoms with Gasteiger partial charge in [-0.05, 0) is 86.3 Å². The fourth-order valence-electron chi connectivity index (χ4n) is 6.54. The molecule has 6 heterocycles. The Morgan fingerprint density at radius 2 is 1.31 bits per heavy atom. The highest BCUT2D eigenvalue weighted by molar-refractivity contribution is 6.40. The molecule has 2 saturated heterocycles. The molecule has 7 N–H and O–H groups in total. The van der Waals surface area contributed by atoms with Gasteiger partial charge in [-0.15, -0.1) is 0 Å². The highest BCUT2D eigenvalue weighted by atomic mass is 35.5. The molecule has 308 valence electrons. The second kappa shape index (κ2) is 20.4. The third kappa shape index (κ3) is 12.3. The maximum absolute atomic E-state index is 12.6. The summed E-state index contributed by atoms with van der Waals surface area (Å²) in [7, 11) is 0. The molecule has 59 heavy (non-hydrogen) atoms. The number of benzene rings is 2. The number of anilines is 3. The molecule has 2 atom stereocenters. The standard InChI is InChI=1S/C19H18Cl2N6O2.C11H15N5.C9H6Cl2O3/c20-11-6-12(21)8-14(7-11)26-18(28)19(29)27-5-1-2-13(9-27)25-17-15-3-4-22-16(15)23-10-24-17;1-2-8(6-12-4-1)16-11-9-3-5-13-10(9)14-7-15-11;10-6-1-5(2-7(11)4-6)3-8(12)9(13)14/h3-4,6-8,10,13H,1-2,5,9H2,(H,26,28)(H2,22,23,24,25);3,5,7-8,12H,1-2,4,6H2,(H2,13,14,15,16);1-2,4H,3H2,(H,13,14). The molecule has 0 radical (unpaired) electrons. The molecule has 2 aliphatic rings. The van der Waals surface area contributed by atoms with E-state index in [9.17, 15) is 19.2 Å². The van der Waals surface area contributed by atoms with Gasteiger partial charge in [-0.25, -0.2) is 24.7 Å². The number of H-pyrrole nitrogens is 2. The predicted octanol–water partition coefficient (Wildman–Crippen LogP) is 6.62. The summed E-state index contributed by atoms with van der Waals surface area (Å²) < 4.78 is 0. The van der Waals surface area contributed by atoms with E-state index in [-0.39, 0.29) is 12.5 Å². The van der Waals surface area contributed by atoms with Crippen molar-refractivity contribution in [2.24, 2.45) is 0 Å². The SMILES string of the molecule is O=C(Nc1cc(Cl)cc(Cl)c1)C(=O)N1CCCC(Nc2ncnc3[nH]ccc23)C1.O=C(O)C(=O)Cc1cc(Cl)cc(Cl)c1.c1nc(NC2CCCNC2)c2cc[nH]c2n1. The summed E-state index contributed by atoms with van der Waals surface area (Å²) >= 11 is 23.2. The van der Waals surface area contributed by atoms with Crippen LogP contribution in [-0.4, -0.2) is 102 Å². The maximum Gasteiger partial charge on any atom is 0.372 e. The lowest BCUT2D eigenvalue weighted by Crippen LogP contribution is -2.48. The van der Waals surface area contributed by atoms with Crippen LogP contribution >= 0.6 is 46.4 Å². The average molecular weight is 884 g/mol. The summed E-state index contributed by atoms with van der Waals surface area (Å²) in [6, 6.07) is 13.5. The predicted molar refractivity (Wildman–Crippen MR) is 228 cm³/mol. The Labute approximate surface area is 357 Å². The van der Waals surface area contributed by atoms with Crippen LogP contribution in [0.2, 0.25) is 20.1 Å². The van der Waals surface area contributed by atoms with E-state index in [1.165, 1.54) is 54.4 Å². The molecule has 20 heteroatoms. The molecule has 4 aromatic heterocycles. The zero-order valence-corrected chi connectivity index (χ0v) is 34.3. The first-order chi connectivity index (χ1) is 28.4. The number of aromatic nitrogens is 6. The first-order valence-corrected chi connectivity index (χ1v) is 20.0. The van der Waals surface area contributed by atoms with Gasteiger partial charge in [0.15, 0.2) is 0 Å². The van der Waals surface area contributed by atoms with Gasteiger partial charge in [-0.3, -0.25) is 14.4 Å². The number of hydrogen-bond acceptors (Lipinski definition) is 11. The molecule has 2 amide bonds. The number of fused-ring (bicyclic) bond motifs is 2. The van der Waals surface area contributed by atoms with Crippen LogP contribution in [0.25, 0.3) is 22.1 Å². The summed E-state index contributed by atoms with van der Waals surface area (Å²) in [5.41, 5.74) is 2.50. The van der Waals surface area contributed by atoms with E-state index in [2.05, 4.69) is 51.2 Å². The van der Waals surface area contributed by atoms with Crippen molar-refractivity contribution in [3.63, 3.8) is 0 Å². The Balaban J connectivity index is 0.000000164. The van der Waals surface area contributed by atoms with Crippen LogP contribution < -0.4 is 21.3 Å². The third-order valence-electron chi connectivity index (χ3n) is 9.24. The Kier molecular flexibility index (Phi) is 14.9. The molecule has 16 nitrogen and oxygen atoms in total. The van der Waals surface area contributed by atoms with Crippen molar-refractivity contribution < 1.29 is 24.3 Å². The zero-order chi connectivity index (χ0) is 41.9. The number of carboxylic acids is 1. The molecular weight excluding hydrogens is 844 g/mol. The van der Waals surface area contributed by atoms with Crippen LogP contribution in [-0.2, 0) is 25.6 Å². The molecule has 8 rings (SSSR count). The normalized spacial score (nSPS) is 16.2. The Morgan fingerprint density at radius 3 is 1.86 bits per heavy atom. The molecule has 0 saturated carbocycles. The lowest BCUT2D eigenvalue weighted by molar-refractivity contribution is -0.148. The largest absolute Gasteiger partial charge is 0.475 e. The van der Waals surface area contributed by atoms with Gasteiger partial charge in [-0.1, -0.05) is 46.4 Å². The quantitative estimate of drug-likeness (QED) is 0.0802. The van der Waals surface area contributed by atoms with Crippen molar-refractivity contribution in [3.05, 3.63) is 99.2 Å². The van der Waals surface area contributed by atoms with Gasteiger partial charge in [0.2, 0.25) is 5.78 Å². The first kappa shape index (κ1) is 43.1. The number of Topliss-reactive ketones (excluding diaryl/α,β-unsaturated/α-hetero) is 1. The highest BCUT2D eigenvalue weighted by Crippen LogP contribution is 2.25. The molecular formula is C39H39Cl4N11O5. The van der Waals surface area contributed by atoms with Gasteiger partial charge in [0.25, 0.3) is 0 Å². The van der Waals surface area contributed by atoms with Gasteiger partial charge >= 0.3 is 17.8 Å². The Morgan fingerprint density at radius 1 is 0.746 bits per heavy atom. The highest BCUT2D eigenvalue weighted by Gasteiger charge is 2.28. The van der Waals surface area contributed by atoms with E-state index in [0.717, 1.165) is 53.8 Å². The summed E-state index contributed by atoms with van der Waals surface area (Å²) in [5.74, 6) is -2.03. The number of amides is 2. The van der Waals surface area contributed by atoms with Crippen molar-refractivity contribution in [1.82, 2.24) is 40.1 Å². The number of ketones is 1. The summed E-state index contributed by atoms with van der Waals surface area (Å²) in [6.45, 7) is 3.06. The summed E-state index contributed by atoms with van der Waals surface area (Å²) in [4.78, 5) is 70.8. The number of aliphatic carboxylic acids is 1. The van der Waals surface area contributed by atoms with Crippen molar-refractivity contribution >= 4 is 109 Å². The number of carboxylic acid groups (broad SMARTS) is 1. The fourth-order valence-corrected chi connectivity index (χ4v) is 7.64. The fraction of sp³-hybridized carbons (Fsp3) is 0.282. The molecule has 0 spiro atoms.